The number of carbonyl (C=O) groups excluding carboxylic acids is 2. The Kier molecular flexibility index (Phi) is 6.52. The van der Waals surface area contributed by atoms with Gasteiger partial charge in [0.25, 0.3) is 0 Å². The summed E-state index contributed by atoms with van der Waals surface area (Å²) in [6.45, 7) is 4.26. The SMILES string of the molecule is CCC(=O)N(Cc1ccccc1Cl)CC(C)C(=O)OC. The van der Waals surface area contributed by atoms with E-state index < -0.39 is 0 Å². The maximum Gasteiger partial charge on any atom is 0.310 e. The molecule has 0 heterocycles. The highest BCUT2D eigenvalue weighted by atomic mass is 35.5. The lowest BCUT2D eigenvalue weighted by molar-refractivity contribution is -0.146. The zero-order valence-electron chi connectivity index (χ0n) is 12.1. The summed E-state index contributed by atoms with van der Waals surface area (Å²) in [7, 11) is 1.35. The van der Waals surface area contributed by atoms with Gasteiger partial charge in [-0.1, -0.05) is 43.6 Å². The van der Waals surface area contributed by atoms with E-state index in [4.69, 9.17) is 16.3 Å². The quantitative estimate of drug-likeness (QED) is 0.759. The van der Waals surface area contributed by atoms with Crippen LogP contribution in [0.3, 0.4) is 0 Å². The van der Waals surface area contributed by atoms with Gasteiger partial charge in [-0.15, -0.1) is 0 Å². The molecule has 1 rings (SSSR count). The lowest BCUT2D eigenvalue weighted by atomic mass is 10.1. The summed E-state index contributed by atoms with van der Waals surface area (Å²) < 4.78 is 4.70. The van der Waals surface area contributed by atoms with Crippen molar-refractivity contribution in [1.29, 1.82) is 0 Å². The minimum atomic E-state index is -0.363. The number of amides is 1. The molecule has 1 aromatic rings. The highest BCUT2D eigenvalue weighted by Gasteiger charge is 2.21. The van der Waals surface area contributed by atoms with E-state index in [1.54, 1.807) is 24.8 Å². The third kappa shape index (κ3) is 4.53. The molecule has 0 aliphatic heterocycles. The van der Waals surface area contributed by atoms with Crippen molar-refractivity contribution in [3.63, 3.8) is 0 Å². The summed E-state index contributed by atoms with van der Waals surface area (Å²) in [5, 5.41) is 0.618. The van der Waals surface area contributed by atoms with Crippen molar-refractivity contribution in [1.82, 2.24) is 4.90 Å². The number of rotatable bonds is 6. The lowest BCUT2D eigenvalue weighted by Gasteiger charge is -2.25. The zero-order valence-corrected chi connectivity index (χ0v) is 12.8. The van der Waals surface area contributed by atoms with Gasteiger partial charge < -0.3 is 9.64 Å². The molecule has 1 atom stereocenters. The number of esters is 1. The third-order valence-electron chi connectivity index (χ3n) is 3.07. The first kappa shape index (κ1) is 16.5. The Hall–Kier alpha value is -1.55. The van der Waals surface area contributed by atoms with Gasteiger partial charge in [0.15, 0.2) is 0 Å². The van der Waals surface area contributed by atoms with E-state index in [-0.39, 0.29) is 17.8 Å². The minimum absolute atomic E-state index is 0.0133. The van der Waals surface area contributed by atoms with Gasteiger partial charge in [-0.25, -0.2) is 0 Å². The van der Waals surface area contributed by atoms with Crippen LogP contribution in [0, 0.1) is 5.92 Å². The van der Waals surface area contributed by atoms with Crippen molar-refractivity contribution < 1.29 is 14.3 Å². The number of benzene rings is 1. The monoisotopic (exact) mass is 297 g/mol. The maximum absolute atomic E-state index is 12.0. The van der Waals surface area contributed by atoms with Gasteiger partial charge >= 0.3 is 5.97 Å². The fraction of sp³-hybridized carbons (Fsp3) is 0.467. The fourth-order valence-electron chi connectivity index (χ4n) is 1.92. The normalized spacial score (nSPS) is 11.8. The predicted molar refractivity (Wildman–Crippen MR) is 78.3 cm³/mol. The van der Waals surface area contributed by atoms with E-state index in [0.717, 1.165) is 5.56 Å². The summed E-state index contributed by atoms with van der Waals surface area (Å²) in [6, 6.07) is 7.38. The largest absolute Gasteiger partial charge is 0.469 e. The van der Waals surface area contributed by atoms with E-state index in [9.17, 15) is 9.59 Å². The van der Waals surface area contributed by atoms with E-state index in [1.165, 1.54) is 7.11 Å². The summed E-state index contributed by atoms with van der Waals surface area (Å²) >= 11 is 6.11. The van der Waals surface area contributed by atoms with Gasteiger partial charge in [-0.2, -0.15) is 0 Å². The molecule has 0 saturated heterocycles. The Balaban J connectivity index is 2.83. The Morgan fingerprint density at radius 2 is 2.00 bits per heavy atom. The van der Waals surface area contributed by atoms with Crippen molar-refractivity contribution in [2.75, 3.05) is 13.7 Å². The summed E-state index contributed by atoms with van der Waals surface area (Å²) in [5.41, 5.74) is 0.869. The van der Waals surface area contributed by atoms with Gasteiger partial charge in [0, 0.05) is 24.5 Å². The van der Waals surface area contributed by atoms with Crippen LogP contribution in [0.4, 0.5) is 0 Å². The molecule has 1 amide bonds. The molecule has 0 radical (unpaired) electrons. The fourth-order valence-corrected chi connectivity index (χ4v) is 2.11. The van der Waals surface area contributed by atoms with Crippen LogP contribution in [-0.4, -0.2) is 30.4 Å². The average Bonchev–Trinajstić information content (AvgIpc) is 2.46. The molecule has 20 heavy (non-hydrogen) atoms. The highest BCUT2D eigenvalue weighted by Crippen LogP contribution is 2.18. The zero-order chi connectivity index (χ0) is 15.1. The summed E-state index contributed by atoms with van der Waals surface area (Å²) in [4.78, 5) is 25.1. The molecule has 0 aliphatic rings. The van der Waals surface area contributed by atoms with Gasteiger partial charge in [0.2, 0.25) is 5.91 Å². The molecule has 0 aliphatic carbocycles. The third-order valence-corrected chi connectivity index (χ3v) is 3.44. The highest BCUT2D eigenvalue weighted by molar-refractivity contribution is 6.31. The molecule has 1 unspecified atom stereocenters. The Morgan fingerprint density at radius 3 is 2.55 bits per heavy atom. The minimum Gasteiger partial charge on any atom is -0.469 e. The molecule has 4 nitrogen and oxygen atoms in total. The van der Waals surface area contributed by atoms with Gasteiger partial charge in [0.1, 0.15) is 0 Å². The molecule has 0 N–H and O–H groups in total. The number of hydrogen-bond acceptors (Lipinski definition) is 3. The lowest BCUT2D eigenvalue weighted by Crippen LogP contribution is -2.36. The van der Waals surface area contributed by atoms with Crippen molar-refractivity contribution in [3.8, 4) is 0 Å². The van der Waals surface area contributed by atoms with Gasteiger partial charge in [0.05, 0.1) is 13.0 Å². The Labute approximate surface area is 124 Å². The molecule has 1 aromatic carbocycles. The van der Waals surface area contributed by atoms with E-state index in [1.807, 2.05) is 18.2 Å². The standard InChI is InChI=1S/C15H20ClNO3/c1-4-14(18)17(9-11(2)15(19)20-3)10-12-7-5-6-8-13(12)16/h5-8,11H,4,9-10H2,1-3H3. The molecule has 0 bridgehead atoms. The molecule has 0 spiro atoms. The maximum atomic E-state index is 12.0. The van der Waals surface area contributed by atoms with Crippen molar-refractivity contribution in [2.45, 2.75) is 26.8 Å². The molecule has 0 aromatic heterocycles. The van der Waals surface area contributed by atoms with Crippen LogP contribution < -0.4 is 0 Å². The number of nitrogens with zero attached hydrogens (tertiary/aromatic N) is 1. The second-order valence-electron chi connectivity index (χ2n) is 4.64. The average molecular weight is 298 g/mol. The number of carbonyl (C=O) groups is 2. The van der Waals surface area contributed by atoms with Gasteiger partial charge in [-0.05, 0) is 11.6 Å². The molecule has 5 heteroatoms. The first-order valence-corrected chi connectivity index (χ1v) is 6.96. The first-order chi connectivity index (χ1) is 9.49. The second-order valence-corrected chi connectivity index (χ2v) is 5.05. The molecular formula is C15H20ClNO3. The number of hydrogen-bond donors (Lipinski definition) is 0. The summed E-state index contributed by atoms with van der Waals surface area (Å²) in [6.07, 6.45) is 0.387. The predicted octanol–water partition coefficient (Wildman–Crippen LogP) is 2.89. The van der Waals surface area contributed by atoms with Crippen LogP contribution in [0.15, 0.2) is 24.3 Å². The first-order valence-electron chi connectivity index (χ1n) is 6.58. The second kappa shape index (κ2) is 7.90. The summed E-state index contributed by atoms with van der Waals surface area (Å²) in [5.74, 6) is -0.697. The van der Waals surface area contributed by atoms with Crippen LogP contribution in [0.25, 0.3) is 0 Å². The molecule has 0 saturated carbocycles. The Morgan fingerprint density at radius 1 is 1.35 bits per heavy atom. The molecule has 0 fully saturated rings. The van der Waals surface area contributed by atoms with Gasteiger partial charge in [-0.3, -0.25) is 9.59 Å². The number of ether oxygens (including phenoxy) is 1. The number of methoxy groups -OCH3 is 1. The number of halogens is 1. The van der Waals surface area contributed by atoms with E-state index in [0.29, 0.717) is 24.5 Å². The van der Waals surface area contributed by atoms with Crippen LogP contribution in [0.1, 0.15) is 25.8 Å². The van der Waals surface area contributed by atoms with Crippen LogP contribution >= 0.6 is 11.6 Å². The van der Waals surface area contributed by atoms with E-state index >= 15 is 0 Å². The molecule has 110 valence electrons. The van der Waals surface area contributed by atoms with Crippen LogP contribution in [0.2, 0.25) is 5.02 Å². The topological polar surface area (TPSA) is 46.6 Å². The van der Waals surface area contributed by atoms with Crippen LogP contribution in [-0.2, 0) is 20.9 Å². The van der Waals surface area contributed by atoms with Crippen molar-refractivity contribution >= 4 is 23.5 Å². The molecular weight excluding hydrogens is 278 g/mol. The van der Waals surface area contributed by atoms with Crippen molar-refractivity contribution in [2.24, 2.45) is 5.92 Å². The smallest absolute Gasteiger partial charge is 0.310 e. The van der Waals surface area contributed by atoms with E-state index in [2.05, 4.69) is 0 Å². The van der Waals surface area contributed by atoms with Crippen molar-refractivity contribution in [3.05, 3.63) is 34.9 Å². The Bertz CT molecular complexity index is 476. The van der Waals surface area contributed by atoms with Crippen LogP contribution in [0.5, 0.6) is 0 Å².